The first kappa shape index (κ1) is 10.7. The van der Waals surface area contributed by atoms with Gasteiger partial charge in [0.15, 0.2) is 0 Å². The predicted octanol–water partition coefficient (Wildman–Crippen LogP) is 1.71. The van der Waals surface area contributed by atoms with Crippen molar-refractivity contribution in [2.24, 2.45) is 0 Å². The summed E-state index contributed by atoms with van der Waals surface area (Å²) in [5, 5.41) is 3.42. The van der Waals surface area contributed by atoms with Crippen LogP contribution in [-0.4, -0.2) is 32.1 Å². The third-order valence-corrected chi connectivity index (χ3v) is 2.83. The van der Waals surface area contributed by atoms with Gasteiger partial charge in [-0.05, 0) is 33.2 Å². The van der Waals surface area contributed by atoms with Crippen LogP contribution in [0.2, 0.25) is 0 Å². The quantitative estimate of drug-likeness (QED) is 0.725. The van der Waals surface area contributed by atoms with E-state index in [0.29, 0.717) is 0 Å². The molecule has 1 heterocycles. The van der Waals surface area contributed by atoms with E-state index in [0.717, 1.165) is 19.6 Å². The van der Waals surface area contributed by atoms with E-state index in [-0.39, 0.29) is 0 Å². The lowest BCUT2D eigenvalue weighted by molar-refractivity contribution is 0.400. The van der Waals surface area contributed by atoms with Gasteiger partial charge in [-0.15, -0.1) is 11.3 Å². The first-order valence-electron chi connectivity index (χ1n) is 4.59. The molecule has 74 valence electrons. The van der Waals surface area contributed by atoms with Crippen LogP contribution in [0.5, 0.6) is 0 Å². The molecule has 1 aromatic heterocycles. The molecule has 0 saturated carbocycles. The van der Waals surface area contributed by atoms with Crippen LogP contribution in [0.25, 0.3) is 0 Å². The lowest BCUT2D eigenvalue weighted by Crippen LogP contribution is -2.25. The second-order valence-electron chi connectivity index (χ2n) is 3.49. The summed E-state index contributed by atoms with van der Waals surface area (Å²) in [7, 11) is 4.19. The van der Waals surface area contributed by atoms with Crippen LogP contribution in [0.15, 0.2) is 12.1 Å². The Kier molecular flexibility index (Phi) is 4.42. The van der Waals surface area contributed by atoms with Crippen LogP contribution < -0.4 is 5.32 Å². The molecule has 0 aromatic carbocycles. The van der Waals surface area contributed by atoms with Gasteiger partial charge in [0.1, 0.15) is 0 Å². The summed E-state index contributed by atoms with van der Waals surface area (Å²) in [5.74, 6) is 0. The monoisotopic (exact) mass is 198 g/mol. The van der Waals surface area contributed by atoms with E-state index < -0.39 is 0 Å². The minimum absolute atomic E-state index is 1.01. The van der Waals surface area contributed by atoms with Gasteiger partial charge >= 0.3 is 0 Å². The molecule has 0 saturated heterocycles. The van der Waals surface area contributed by atoms with Crippen molar-refractivity contribution in [3.05, 3.63) is 21.9 Å². The van der Waals surface area contributed by atoms with E-state index in [4.69, 9.17) is 0 Å². The lowest BCUT2D eigenvalue weighted by atomic mass is 10.4. The molecule has 0 unspecified atom stereocenters. The SMILES string of the molecule is Cc1ccc(CNCCN(C)C)s1. The second-order valence-corrected chi connectivity index (χ2v) is 4.86. The molecule has 0 radical (unpaired) electrons. The highest BCUT2D eigenvalue weighted by molar-refractivity contribution is 7.11. The number of hydrogen-bond donors (Lipinski definition) is 1. The molecular weight excluding hydrogens is 180 g/mol. The summed E-state index contributed by atoms with van der Waals surface area (Å²) >= 11 is 1.87. The third-order valence-electron chi connectivity index (χ3n) is 1.83. The maximum atomic E-state index is 3.42. The van der Waals surface area contributed by atoms with E-state index in [1.165, 1.54) is 9.75 Å². The van der Waals surface area contributed by atoms with Crippen LogP contribution in [0.1, 0.15) is 9.75 Å². The minimum Gasteiger partial charge on any atom is -0.311 e. The summed E-state index contributed by atoms with van der Waals surface area (Å²) in [5.41, 5.74) is 0. The van der Waals surface area contributed by atoms with Gasteiger partial charge in [-0.2, -0.15) is 0 Å². The molecule has 0 aliphatic rings. The van der Waals surface area contributed by atoms with Gasteiger partial charge in [0.05, 0.1) is 0 Å². The third kappa shape index (κ3) is 4.41. The van der Waals surface area contributed by atoms with Crippen molar-refractivity contribution in [1.82, 2.24) is 10.2 Å². The maximum Gasteiger partial charge on any atom is 0.0300 e. The van der Waals surface area contributed by atoms with Gasteiger partial charge in [-0.1, -0.05) is 0 Å². The van der Waals surface area contributed by atoms with E-state index in [2.05, 4.69) is 43.4 Å². The molecule has 0 aliphatic carbocycles. The van der Waals surface area contributed by atoms with Crippen molar-refractivity contribution in [2.75, 3.05) is 27.2 Å². The smallest absolute Gasteiger partial charge is 0.0300 e. The second kappa shape index (κ2) is 5.37. The fourth-order valence-corrected chi connectivity index (χ4v) is 1.95. The highest BCUT2D eigenvalue weighted by atomic mass is 32.1. The zero-order valence-electron chi connectivity index (χ0n) is 8.63. The topological polar surface area (TPSA) is 15.3 Å². The molecule has 0 atom stereocenters. The Labute approximate surface area is 84.6 Å². The highest BCUT2D eigenvalue weighted by Gasteiger charge is 1.95. The average Bonchev–Trinajstić information content (AvgIpc) is 2.45. The van der Waals surface area contributed by atoms with Gasteiger partial charge < -0.3 is 10.2 Å². The van der Waals surface area contributed by atoms with Gasteiger partial charge in [0.25, 0.3) is 0 Å². The predicted molar refractivity (Wildman–Crippen MR) is 59.3 cm³/mol. The van der Waals surface area contributed by atoms with Crippen molar-refractivity contribution in [2.45, 2.75) is 13.5 Å². The molecular formula is C10H18N2S. The molecule has 13 heavy (non-hydrogen) atoms. The summed E-state index contributed by atoms with van der Waals surface area (Å²) in [6, 6.07) is 4.37. The number of hydrogen-bond acceptors (Lipinski definition) is 3. The molecule has 0 aliphatic heterocycles. The molecule has 1 rings (SSSR count). The minimum atomic E-state index is 1.01. The first-order chi connectivity index (χ1) is 6.18. The number of aryl methyl sites for hydroxylation is 1. The fourth-order valence-electron chi connectivity index (χ4n) is 1.09. The molecule has 0 spiro atoms. The van der Waals surface area contributed by atoms with E-state index in [9.17, 15) is 0 Å². The van der Waals surface area contributed by atoms with Crippen LogP contribution in [0.3, 0.4) is 0 Å². The zero-order chi connectivity index (χ0) is 9.68. The van der Waals surface area contributed by atoms with Crippen LogP contribution >= 0.6 is 11.3 Å². The molecule has 2 nitrogen and oxygen atoms in total. The normalized spacial score (nSPS) is 11.1. The van der Waals surface area contributed by atoms with E-state index in [1.54, 1.807) is 0 Å². The van der Waals surface area contributed by atoms with Gasteiger partial charge in [-0.3, -0.25) is 0 Å². The Bertz CT molecular complexity index is 243. The zero-order valence-corrected chi connectivity index (χ0v) is 9.45. The van der Waals surface area contributed by atoms with Crippen molar-refractivity contribution in [3.8, 4) is 0 Å². The number of thiophene rings is 1. The van der Waals surface area contributed by atoms with Gasteiger partial charge in [0.2, 0.25) is 0 Å². The van der Waals surface area contributed by atoms with Crippen molar-refractivity contribution in [1.29, 1.82) is 0 Å². The summed E-state index contributed by atoms with van der Waals surface area (Å²) in [4.78, 5) is 5.01. The number of nitrogens with one attached hydrogen (secondary N) is 1. The first-order valence-corrected chi connectivity index (χ1v) is 5.41. The Balaban J connectivity index is 2.13. The van der Waals surface area contributed by atoms with Crippen LogP contribution in [0, 0.1) is 6.92 Å². The highest BCUT2D eigenvalue weighted by Crippen LogP contribution is 2.14. The Morgan fingerprint density at radius 2 is 2.15 bits per heavy atom. The number of nitrogens with zero attached hydrogens (tertiary/aromatic N) is 1. The van der Waals surface area contributed by atoms with Crippen molar-refractivity contribution < 1.29 is 0 Å². The summed E-state index contributed by atoms with van der Waals surface area (Å²) in [6.07, 6.45) is 0. The molecule has 1 aromatic rings. The Hall–Kier alpha value is -0.380. The molecule has 0 bridgehead atoms. The molecule has 3 heteroatoms. The summed E-state index contributed by atoms with van der Waals surface area (Å²) in [6.45, 7) is 5.31. The molecule has 1 N–H and O–H groups in total. The largest absolute Gasteiger partial charge is 0.311 e. The van der Waals surface area contributed by atoms with E-state index >= 15 is 0 Å². The lowest BCUT2D eigenvalue weighted by Gasteiger charge is -2.09. The molecule has 0 fully saturated rings. The maximum absolute atomic E-state index is 3.42. The molecule has 0 amide bonds. The average molecular weight is 198 g/mol. The Morgan fingerprint density at radius 3 is 2.69 bits per heavy atom. The van der Waals surface area contributed by atoms with Crippen molar-refractivity contribution in [3.63, 3.8) is 0 Å². The standard InChI is InChI=1S/C10H18N2S/c1-9-4-5-10(13-9)8-11-6-7-12(2)3/h4-5,11H,6-8H2,1-3H3. The number of likely N-dealkylation sites (N-methyl/N-ethyl adjacent to an activating group) is 1. The fraction of sp³-hybridized carbons (Fsp3) is 0.600. The van der Waals surface area contributed by atoms with Crippen molar-refractivity contribution >= 4 is 11.3 Å². The van der Waals surface area contributed by atoms with Gasteiger partial charge in [0, 0.05) is 29.4 Å². The van der Waals surface area contributed by atoms with Crippen LogP contribution in [0.4, 0.5) is 0 Å². The number of rotatable bonds is 5. The summed E-state index contributed by atoms with van der Waals surface area (Å²) < 4.78 is 0. The van der Waals surface area contributed by atoms with Crippen LogP contribution in [-0.2, 0) is 6.54 Å². The van der Waals surface area contributed by atoms with Gasteiger partial charge in [-0.25, -0.2) is 0 Å². The van der Waals surface area contributed by atoms with E-state index in [1.807, 2.05) is 11.3 Å². The Morgan fingerprint density at radius 1 is 1.38 bits per heavy atom.